The molecule has 0 bridgehead atoms. The van der Waals surface area contributed by atoms with E-state index in [0.29, 0.717) is 6.54 Å². The van der Waals surface area contributed by atoms with Crippen molar-refractivity contribution in [2.24, 2.45) is 11.5 Å². The molecule has 0 saturated carbocycles. The second-order valence-electron chi connectivity index (χ2n) is 3.92. The molecule has 5 nitrogen and oxygen atoms in total. The van der Waals surface area contributed by atoms with Gasteiger partial charge in [0, 0.05) is 6.54 Å². The Kier molecular flexibility index (Phi) is 7.00. The highest BCUT2D eigenvalue weighted by Gasteiger charge is 2.15. The number of carbonyl (C=O) groups excluding carboxylic acids is 2. The number of rotatable bonds is 5. The number of hydrogen-bond acceptors (Lipinski definition) is 3. The number of nitrogens with two attached hydrogens (primary N) is 2. The van der Waals surface area contributed by atoms with Crippen LogP contribution in [0.25, 0.3) is 0 Å². The first-order valence-electron chi connectivity index (χ1n) is 5.37. The minimum absolute atomic E-state index is 0. The Bertz CT molecular complexity index is 424. The molecule has 1 rings (SSSR count). The molecule has 1 aromatic carbocycles. The number of benzene rings is 1. The largest absolute Gasteiger partial charge is 0.370 e. The van der Waals surface area contributed by atoms with E-state index in [1.807, 2.05) is 31.2 Å². The first-order valence-corrected chi connectivity index (χ1v) is 5.37. The van der Waals surface area contributed by atoms with Crippen LogP contribution in [0.3, 0.4) is 0 Å². The lowest BCUT2D eigenvalue weighted by Gasteiger charge is -2.11. The van der Waals surface area contributed by atoms with Gasteiger partial charge in [0.2, 0.25) is 11.8 Å². The van der Waals surface area contributed by atoms with Gasteiger partial charge in [-0.15, -0.1) is 12.4 Å². The molecule has 1 atom stereocenters. The molecule has 0 aromatic heterocycles. The molecule has 0 saturated heterocycles. The number of aryl methyl sites for hydroxylation is 1. The zero-order chi connectivity index (χ0) is 12.8. The van der Waals surface area contributed by atoms with E-state index < -0.39 is 11.9 Å². The molecule has 0 aliphatic carbocycles. The first kappa shape index (κ1) is 16.4. The standard InChI is InChI=1S/C12H17N3O2.ClH/c1-8-4-2-3-5-9(8)7-15-12(17)10(13)6-11(14)16;/h2-5,10H,6-7,13H2,1H3,(H2,14,16)(H,15,17);1H. The van der Waals surface area contributed by atoms with Crippen molar-refractivity contribution in [2.45, 2.75) is 25.9 Å². The summed E-state index contributed by atoms with van der Waals surface area (Å²) in [4.78, 5) is 22.1. The summed E-state index contributed by atoms with van der Waals surface area (Å²) >= 11 is 0. The van der Waals surface area contributed by atoms with Crippen molar-refractivity contribution in [2.75, 3.05) is 0 Å². The van der Waals surface area contributed by atoms with Gasteiger partial charge in [0.25, 0.3) is 0 Å². The Morgan fingerprint density at radius 3 is 2.50 bits per heavy atom. The molecule has 2 amide bonds. The molecule has 0 heterocycles. The number of amides is 2. The highest BCUT2D eigenvalue weighted by Crippen LogP contribution is 2.06. The van der Waals surface area contributed by atoms with Crippen LogP contribution in [0, 0.1) is 6.92 Å². The van der Waals surface area contributed by atoms with Gasteiger partial charge in [-0.25, -0.2) is 0 Å². The van der Waals surface area contributed by atoms with Crippen LogP contribution in [0.15, 0.2) is 24.3 Å². The van der Waals surface area contributed by atoms with E-state index in [-0.39, 0.29) is 24.7 Å². The van der Waals surface area contributed by atoms with Crippen LogP contribution in [-0.4, -0.2) is 17.9 Å². The molecule has 6 heteroatoms. The second-order valence-corrected chi connectivity index (χ2v) is 3.92. The van der Waals surface area contributed by atoms with Crippen molar-refractivity contribution in [3.63, 3.8) is 0 Å². The lowest BCUT2D eigenvalue weighted by atomic mass is 10.1. The molecule has 18 heavy (non-hydrogen) atoms. The van der Waals surface area contributed by atoms with Crippen LogP contribution < -0.4 is 16.8 Å². The summed E-state index contributed by atoms with van der Waals surface area (Å²) < 4.78 is 0. The van der Waals surface area contributed by atoms with Crippen molar-refractivity contribution >= 4 is 24.2 Å². The topological polar surface area (TPSA) is 98.2 Å². The van der Waals surface area contributed by atoms with E-state index in [2.05, 4.69) is 5.32 Å². The van der Waals surface area contributed by atoms with Crippen LogP contribution >= 0.6 is 12.4 Å². The summed E-state index contributed by atoms with van der Waals surface area (Å²) in [6.45, 7) is 2.36. The quantitative estimate of drug-likeness (QED) is 0.715. The fraction of sp³-hybridized carbons (Fsp3) is 0.333. The molecule has 0 radical (unpaired) electrons. The molecule has 5 N–H and O–H groups in total. The predicted octanol–water partition coefficient (Wildman–Crippen LogP) is 0.236. The highest BCUT2D eigenvalue weighted by atomic mass is 35.5. The SMILES string of the molecule is Cc1ccccc1CNC(=O)C(N)CC(N)=O.Cl. The summed E-state index contributed by atoms with van der Waals surface area (Å²) in [6.07, 6.45) is -0.139. The van der Waals surface area contributed by atoms with Crippen LogP contribution in [0.4, 0.5) is 0 Å². The molecule has 0 spiro atoms. The second kappa shape index (κ2) is 7.68. The third-order valence-corrected chi connectivity index (χ3v) is 2.47. The normalized spacial score (nSPS) is 11.2. The van der Waals surface area contributed by atoms with Gasteiger partial charge in [-0.1, -0.05) is 24.3 Å². The Hall–Kier alpha value is -1.59. The number of halogens is 1. The lowest BCUT2D eigenvalue weighted by Crippen LogP contribution is -2.42. The van der Waals surface area contributed by atoms with Crippen molar-refractivity contribution in [3.8, 4) is 0 Å². The van der Waals surface area contributed by atoms with Crippen LogP contribution in [-0.2, 0) is 16.1 Å². The Balaban J connectivity index is 0.00000289. The van der Waals surface area contributed by atoms with Gasteiger partial charge in [0.1, 0.15) is 0 Å². The summed E-state index contributed by atoms with van der Waals surface area (Å²) in [5.41, 5.74) is 12.6. The molecular formula is C12H18ClN3O2. The maximum Gasteiger partial charge on any atom is 0.237 e. The molecular weight excluding hydrogens is 254 g/mol. The lowest BCUT2D eigenvalue weighted by molar-refractivity contribution is -0.126. The maximum absolute atomic E-state index is 11.5. The summed E-state index contributed by atoms with van der Waals surface area (Å²) in [6, 6.07) is 6.84. The maximum atomic E-state index is 11.5. The van der Waals surface area contributed by atoms with E-state index in [4.69, 9.17) is 11.5 Å². The van der Waals surface area contributed by atoms with E-state index in [0.717, 1.165) is 11.1 Å². The van der Waals surface area contributed by atoms with E-state index in [1.165, 1.54) is 0 Å². The van der Waals surface area contributed by atoms with Crippen molar-refractivity contribution in [1.29, 1.82) is 0 Å². The van der Waals surface area contributed by atoms with Crippen molar-refractivity contribution in [1.82, 2.24) is 5.32 Å². The van der Waals surface area contributed by atoms with E-state index >= 15 is 0 Å². The molecule has 0 aliphatic rings. The average molecular weight is 272 g/mol. The van der Waals surface area contributed by atoms with Crippen molar-refractivity contribution in [3.05, 3.63) is 35.4 Å². The van der Waals surface area contributed by atoms with Crippen LogP contribution in [0.2, 0.25) is 0 Å². The fourth-order valence-electron chi connectivity index (χ4n) is 1.43. The van der Waals surface area contributed by atoms with Gasteiger partial charge in [-0.3, -0.25) is 9.59 Å². The average Bonchev–Trinajstić information content (AvgIpc) is 2.26. The predicted molar refractivity (Wildman–Crippen MR) is 72.1 cm³/mol. The number of nitrogens with one attached hydrogen (secondary N) is 1. The van der Waals surface area contributed by atoms with Gasteiger partial charge in [-0.2, -0.15) is 0 Å². The Morgan fingerprint density at radius 2 is 1.94 bits per heavy atom. The van der Waals surface area contributed by atoms with E-state index in [9.17, 15) is 9.59 Å². The smallest absolute Gasteiger partial charge is 0.237 e. The van der Waals surface area contributed by atoms with Gasteiger partial charge in [0.05, 0.1) is 12.5 Å². The molecule has 0 aliphatic heterocycles. The minimum atomic E-state index is -0.878. The van der Waals surface area contributed by atoms with Crippen LogP contribution in [0.5, 0.6) is 0 Å². The Labute approximate surface area is 112 Å². The zero-order valence-electron chi connectivity index (χ0n) is 10.2. The monoisotopic (exact) mass is 271 g/mol. The third-order valence-electron chi connectivity index (χ3n) is 2.47. The summed E-state index contributed by atoms with van der Waals surface area (Å²) in [7, 11) is 0. The molecule has 1 unspecified atom stereocenters. The van der Waals surface area contributed by atoms with Gasteiger partial charge in [0.15, 0.2) is 0 Å². The highest BCUT2D eigenvalue weighted by molar-refractivity contribution is 5.87. The van der Waals surface area contributed by atoms with Gasteiger partial charge in [-0.05, 0) is 18.1 Å². The van der Waals surface area contributed by atoms with Gasteiger partial charge >= 0.3 is 0 Å². The first-order chi connectivity index (χ1) is 8.00. The molecule has 100 valence electrons. The van der Waals surface area contributed by atoms with Crippen molar-refractivity contribution < 1.29 is 9.59 Å². The third kappa shape index (κ3) is 5.16. The Morgan fingerprint density at radius 1 is 1.33 bits per heavy atom. The van der Waals surface area contributed by atoms with Gasteiger partial charge < -0.3 is 16.8 Å². The summed E-state index contributed by atoms with van der Waals surface area (Å²) in [5.74, 6) is -0.949. The minimum Gasteiger partial charge on any atom is -0.370 e. The molecule has 1 aromatic rings. The summed E-state index contributed by atoms with van der Waals surface area (Å²) in [5, 5.41) is 2.67. The van der Waals surface area contributed by atoms with Crippen LogP contribution in [0.1, 0.15) is 17.5 Å². The number of carbonyl (C=O) groups is 2. The number of hydrogen-bond donors (Lipinski definition) is 3. The zero-order valence-corrected chi connectivity index (χ0v) is 11.0. The number of primary amides is 1. The molecule has 0 fully saturated rings. The fourth-order valence-corrected chi connectivity index (χ4v) is 1.43. The van der Waals surface area contributed by atoms with E-state index in [1.54, 1.807) is 0 Å².